The summed E-state index contributed by atoms with van der Waals surface area (Å²) in [5, 5.41) is 11.8. The molecule has 6 nitrogen and oxygen atoms in total. The molecule has 2 aromatic rings. The first kappa shape index (κ1) is 15.0. The second-order valence-corrected chi connectivity index (χ2v) is 5.54. The third-order valence-electron chi connectivity index (χ3n) is 3.51. The fourth-order valence-electron chi connectivity index (χ4n) is 2.07. The Morgan fingerprint density at radius 3 is 2.78 bits per heavy atom. The Kier molecular flexibility index (Phi) is 4.20. The Morgan fingerprint density at radius 1 is 1.39 bits per heavy atom. The summed E-state index contributed by atoms with van der Waals surface area (Å²) in [7, 11) is 0. The van der Waals surface area contributed by atoms with Gasteiger partial charge in [-0.15, -0.1) is 0 Å². The monoisotopic (exact) mass is 308 g/mol. The Balaban J connectivity index is 1.63. The van der Waals surface area contributed by atoms with Crippen LogP contribution in [-0.4, -0.2) is 22.5 Å². The van der Waals surface area contributed by atoms with Gasteiger partial charge in [-0.1, -0.05) is 17.7 Å². The maximum atomic E-state index is 11.9. The first-order valence-corrected chi connectivity index (χ1v) is 7.42. The molecule has 0 aliphatic heterocycles. The molecule has 0 unspecified atom stereocenters. The van der Waals surface area contributed by atoms with Crippen LogP contribution in [0.15, 0.2) is 30.5 Å². The molecule has 0 spiro atoms. The average molecular weight is 308 g/mol. The fourth-order valence-corrected chi connectivity index (χ4v) is 2.07. The van der Waals surface area contributed by atoms with Crippen LogP contribution in [0.4, 0.5) is 5.69 Å². The zero-order chi connectivity index (χ0) is 16.2. The van der Waals surface area contributed by atoms with Crippen molar-refractivity contribution in [2.24, 2.45) is 0 Å². The lowest BCUT2D eigenvalue weighted by molar-refractivity contribution is -0.118. The molecule has 1 aliphatic carbocycles. The van der Waals surface area contributed by atoms with Crippen LogP contribution in [0, 0.1) is 18.3 Å². The second kappa shape index (κ2) is 6.44. The Bertz CT molecular complexity index is 761. The summed E-state index contributed by atoms with van der Waals surface area (Å²) >= 11 is 0. The number of hydrogen-bond donors (Lipinski definition) is 1. The predicted molar refractivity (Wildman–Crippen MR) is 84.0 cm³/mol. The van der Waals surface area contributed by atoms with Crippen LogP contribution in [-0.2, 0) is 4.79 Å². The van der Waals surface area contributed by atoms with E-state index in [2.05, 4.69) is 15.3 Å². The molecule has 1 aromatic carbocycles. The standard InChI is InChI=1S/C17H16N4O2/c1-11-2-6-14(7-3-11)20-15(22)10-23-17-13(8-18)9-19-16(21-17)12-4-5-12/h2-3,6-7,9,12H,4-5,10H2,1H3,(H,20,22). The van der Waals surface area contributed by atoms with E-state index >= 15 is 0 Å². The van der Waals surface area contributed by atoms with Crippen molar-refractivity contribution in [3.8, 4) is 11.9 Å². The van der Waals surface area contributed by atoms with Gasteiger partial charge in [0.25, 0.3) is 5.91 Å². The van der Waals surface area contributed by atoms with Crippen molar-refractivity contribution >= 4 is 11.6 Å². The number of benzene rings is 1. The van der Waals surface area contributed by atoms with E-state index < -0.39 is 0 Å². The van der Waals surface area contributed by atoms with E-state index in [9.17, 15) is 4.79 Å². The Hall–Kier alpha value is -2.94. The Labute approximate surface area is 134 Å². The number of anilines is 1. The van der Waals surface area contributed by atoms with Crippen LogP contribution < -0.4 is 10.1 Å². The van der Waals surface area contributed by atoms with Crippen LogP contribution in [0.2, 0.25) is 0 Å². The van der Waals surface area contributed by atoms with E-state index in [1.165, 1.54) is 6.20 Å². The van der Waals surface area contributed by atoms with Crippen LogP contribution >= 0.6 is 0 Å². The number of nitrogens with one attached hydrogen (secondary N) is 1. The van der Waals surface area contributed by atoms with Gasteiger partial charge >= 0.3 is 0 Å². The molecule has 0 radical (unpaired) electrons. The fraction of sp³-hybridized carbons (Fsp3) is 0.294. The highest BCUT2D eigenvalue weighted by Gasteiger charge is 2.27. The van der Waals surface area contributed by atoms with Gasteiger partial charge in [0.05, 0.1) is 6.20 Å². The lowest BCUT2D eigenvalue weighted by atomic mass is 10.2. The molecule has 1 amide bonds. The number of ether oxygens (including phenoxy) is 1. The largest absolute Gasteiger partial charge is 0.467 e. The van der Waals surface area contributed by atoms with E-state index in [-0.39, 0.29) is 24.0 Å². The van der Waals surface area contributed by atoms with Gasteiger partial charge in [-0.25, -0.2) is 4.98 Å². The van der Waals surface area contributed by atoms with Crippen LogP contribution in [0.1, 0.15) is 35.7 Å². The van der Waals surface area contributed by atoms with E-state index in [0.29, 0.717) is 17.4 Å². The molecule has 0 saturated heterocycles. The van der Waals surface area contributed by atoms with Crippen molar-refractivity contribution in [3.05, 3.63) is 47.4 Å². The minimum absolute atomic E-state index is 0.170. The first-order valence-electron chi connectivity index (χ1n) is 7.42. The lowest BCUT2D eigenvalue weighted by Gasteiger charge is -2.09. The van der Waals surface area contributed by atoms with E-state index in [1.807, 2.05) is 37.3 Å². The van der Waals surface area contributed by atoms with Gasteiger partial charge in [-0.05, 0) is 31.9 Å². The highest BCUT2D eigenvalue weighted by atomic mass is 16.5. The molecule has 1 saturated carbocycles. The summed E-state index contributed by atoms with van der Waals surface area (Å²) in [6.45, 7) is 1.77. The summed E-state index contributed by atoms with van der Waals surface area (Å²) in [5.74, 6) is 0.900. The minimum Gasteiger partial charge on any atom is -0.467 e. The number of aromatic nitrogens is 2. The van der Waals surface area contributed by atoms with Gasteiger partial charge in [0, 0.05) is 11.6 Å². The number of nitrogens with zero attached hydrogens (tertiary/aromatic N) is 3. The van der Waals surface area contributed by atoms with Crippen molar-refractivity contribution in [1.82, 2.24) is 9.97 Å². The van der Waals surface area contributed by atoms with Crippen LogP contribution in [0.25, 0.3) is 0 Å². The number of aryl methyl sites for hydroxylation is 1. The zero-order valence-corrected chi connectivity index (χ0v) is 12.7. The van der Waals surface area contributed by atoms with Gasteiger partial charge in [0.15, 0.2) is 6.61 Å². The van der Waals surface area contributed by atoms with Crippen LogP contribution in [0.5, 0.6) is 5.88 Å². The molecule has 0 atom stereocenters. The maximum Gasteiger partial charge on any atom is 0.262 e. The number of carbonyl (C=O) groups excluding carboxylic acids is 1. The molecule has 6 heteroatoms. The number of rotatable bonds is 5. The third kappa shape index (κ3) is 3.83. The third-order valence-corrected chi connectivity index (χ3v) is 3.51. The number of amides is 1. The molecule has 23 heavy (non-hydrogen) atoms. The van der Waals surface area contributed by atoms with E-state index in [4.69, 9.17) is 10.00 Å². The first-order chi connectivity index (χ1) is 11.2. The van der Waals surface area contributed by atoms with Gasteiger partial charge in [-0.3, -0.25) is 4.79 Å². The highest BCUT2D eigenvalue weighted by molar-refractivity contribution is 5.91. The van der Waals surface area contributed by atoms with Crippen LogP contribution in [0.3, 0.4) is 0 Å². The van der Waals surface area contributed by atoms with Crippen molar-refractivity contribution in [2.75, 3.05) is 11.9 Å². The summed E-state index contributed by atoms with van der Waals surface area (Å²) in [6, 6.07) is 9.45. The molecule has 3 rings (SSSR count). The Morgan fingerprint density at radius 2 is 2.13 bits per heavy atom. The smallest absolute Gasteiger partial charge is 0.262 e. The molecule has 1 aromatic heterocycles. The van der Waals surface area contributed by atoms with Crippen molar-refractivity contribution in [2.45, 2.75) is 25.7 Å². The zero-order valence-electron chi connectivity index (χ0n) is 12.7. The van der Waals surface area contributed by atoms with E-state index in [0.717, 1.165) is 18.4 Å². The van der Waals surface area contributed by atoms with Gasteiger partial charge in [0.2, 0.25) is 5.88 Å². The predicted octanol–water partition coefficient (Wildman–Crippen LogP) is 2.55. The SMILES string of the molecule is Cc1ccc(NC(=O)COc2nc(C3CC3)ncc2C#N)cc1. The summed E-state index contributed by atoms with van der Waals surface area (Å²) in [5.41, 5.74) is 2.05. The van der Waals surface area contributed by atoms with Crippen molar-refractivity contribution in [3.63, 3.8) is 0 Å². The molecule has 1 aliphatic rings. The topological polar surface area (TPSA) is 87.9 Å². The summed E-state index contributed by atoms with van der Waals surface area (Å²) in [6.07, 6.45) is 3.56. The van der Waals surface area contributed by atoms with Crippen molar-refractivity contribution < 1.29 is 9.53 Å². The maximum absolute atomic E-state index is 11.9. The highest BCUT2D eigenvalue weighted by Crippen LogP contribution is 2.38. The summed E-state index contributed by atoms with van der Waals surface area (Å²) in [4.78, 5) is 20.4. The van der Waals surface area contributed by atoms with Gasteiger partial charge in [-0.2, -0.15) is 10.2 Å². The lowest BCUT2D eigenvalue weighted by Crippen LogP contribution is -2.21. The average Bonchev–Trinajstić information content (AvgIpc) is 3.40. The van der Waals surface area contributed by atoms with Gasteiger partial charge < -0.3 is 10.1 Å². The second-order valence-electron chi connectivity index (χ2n) is 5.54. The number of nitriles is 1. The quantitative estimate of drug-likeness (QED) is 0.917. The van der Waals surface area contributed by atoms with Crippen molar-refractivity contribution in [1.29, 1.82) is 5.26 Å². The minimum atomic E-state index is -0.302. The molecule has 116 valence electrons. The molecule has 1 fully saturated rings. The molecular weight excluding hydrogens is 292 g/mol. The number of carbonyl (C=O) groups is 1. The summed E-state index contributed by atoms with van der Waals surface area (Å²) < 4.78 is 5.42. The normalized spacial score (nSPS) is 13.2. The number of hydrogen-bond acceptors (Lipinski definition) is 5. The molecular formula is C17H16N4O2. The molecule has 0 bridgehead atoms. The molecule has 1 N–H and O–H groups in total. The molecule has 1 heterocycles. The van der Waals surface area contributed by atoms with E-state index in [1.54, 1.807) is 0 Å². The van der Waals surface area contributed by atoms with Gasteiger partial charge in [0.1, 0.15) is 17.5 Å².